The van der Waals surface area contributed by atoms with E-state index in [1.807, 2.05) is 17.0 Å². The Balaban J connectivity index is 2.20. The normalized spacial score (nSPS) is 16.6. The summed E-state index contributed by atoms with van der Waals surface area (Å²) in [4.78, 5) is 19.5. The van der Waals surface area contributed by atoms with Gasteiger partial charge in [0.15, 0.2) is 0 Å². The van der Waals surface area contributed by atoms with Crippen LogP contribution in [-0.4, -0.2) is 45.8 Å². The number of amides is 1. The van der Waals surface area contributed by atoms with Crippen molar-refractivity contribution in [2.24, 2.45) is 0 Å². The van der Waals surface area contributed by atoms with Gasteiger partial charge in [-0.2, -0.15) is 0 Å². The van der Waals surface area contributed by atoms with Gasteiger partial charge in [0.05, 0.1) is 5.03 Å². The molecule has 1 fully saturated rings. The summed E-state index contributed by atoms with van der Waals surface area (Å²) in [5.41, 5.74) is 0.729. The number of carbonyl (C=O) groups is 1. The average Bonchev–Trinajstić information content (AvgIpc) is 2.46. The van der Waals surface area contributed by atoms with E-state index in [1.165, 1.54) is 0 Å². The van der Waals surface area contributed by atoms with Crippen molar-refractivity contribution in [2.75, 3.05) is 13.2 Å². The maximum atomic E-state index is 13.1. The van der Waals surface area contributed by atoms with E-state index in [1.54, 1.807) is 18.0 Å². The fourth-order valence-corrected chi connectivity index (χ4v) is 3.77. The molecule has 1 saturated heterocycles. The molecule has 23 heavy (non-hydrogen) atoms. The molecule has 1 aliphatic heterocycles. The van der Waals surface area contributed by atoms with Gasteiger partial charge in [-0.25, -0.2) is 4.98 Å². The number of thioether (sulfide) groups is 1. The van der Waals surface area contributed by atoms with Crippen LogP contribution in [0.15, 0.2) is 23.4 Å². The van der Waals surface area contributed by atoms with Gasteiger partial charge in [-0.15, -0.1) is 11.8 Å². The highest BCUT2D eigenvalue weighted by Crippen LogP contribution is 2.31. The zero-order chi connectivity index (χ0) is 17.0. The van der Waals surface area contributed by atoms with Crippen molar-refractivity contribution in [3.8, 4) is 0 Å². The second-order valence-electron chi connectivity index (χ2n) is 7.25. The number of carbonyl (C=O) groups excluding carboxylic acids is 1. The first kappa shape index (κ1) is 18.3. The summed E-state index contributed by atoms with van der Waals surface area (Å²) >= 11 is 1.69. The Labute approximate surface area is 144 Å². The quantitative estimate of drug-likeness (QED) is 0.779. The maximum Gasteiger partial charge on any atom is 0.254 e. The molecule has 0 unspecified atom stereocenters. The highest BCUT2D eigenvalue weighted by molar-refractivity contribution is 8.00. The molecule has 0 radical (unpaired) electrons. The molecule has 0 N–H and O–H groups in total. The van der Waals surface area contributed by atoms with Gasteiger partial charge < -0.3 is 9.64 Å². The first-order valence-corrected chi connectivity index (χ1v) is 9.15. The molecule has 2 heterocycles. The van der Waals surface area contributed by atoms with E-state index in [0.717, 1.165) is 36.6 Å². The Morgan fingerprint density at radius 3 is 2.57 bits per heavy atom. The van der Waals surface area contributed by atoms with Gasteiger partial charge in [0.25, 0.3) is 5.91 Å². The number of rotatable bonds is 4. The van der Waals surface area contributed by atoms with Crippen LogP contribution in [0.5, 0.6) is 0 Å². The molecule has 0 spiro atoms. The Kier molecular flexibility index (Phi) is 6.09. The lowest BCUT2D eigenvalue weighted by Crippen LogP contribution is -2.47. The van der Waals surface area contributed by atoms with Gasteiger partial charge in [-0.3, -0.25) is 4.79 Å². The molecule has 128 valence electrons. The van der Waals surface area contributed by atoms with E-state index in [2.05, 4.69) is 39.6 Å². The van der Waals surface area contributed by atoms with E-state index in [4.69, 9.17) is 4.74 Å². The number of aromatic nitrogens is 1. The van der Waals surface area contributed by atoms with E-state index < -0.39 is 0 Å². The zero-order valence-electron chi connectivity index (χ0n) is 14.8. The lowest BCUT2D eigenvalue weighted by molar-refractivity contribution is 0.0205. The van der Waals surface area contributed by atoms with Crippen LogP contribution in [-0.2, 0) is 4.74 Å². The third-order valence-corrected chi connectivity index (χ3v) is 4.81. The molecule has 0 bridgehead atoms. The molecule has 1 amide bonds. The van der Waals surface area contributed by atoms with Crippen LogP contribution in [0.1, 0.15) is 57.8 Å². The third-order valence-electron chi connectivity index (χ3n) is 3.77. The molecule has 1 aromatic heterocycles. The average molecular weight is 337 g/mol. The van der Waals surface area contributed by atoms with Gasteiger partial charge in [-0.05, 0) is 38.8 Å². The third kappa shape index (κ3) is 5.21. The van der Waals surface area contributed by atoms with Crippen molar-refractivity contribution >= 4 is 17.7 Å². The Morgan fingerprint density at radius 1 is 1.35 bits per heavy atom. The van der Waals surface area contributed by atoms with Crippen molar-refractivity contribution in [1.29, 1.82) is 0 Å². The summed E-state index contributed by atoms with van der Waals surface area (Å²) < 4.78 is 5.51. The van der Waals surface area contributed by atoms with Crippen molar-refractivity contribution in [2.45, 2.75) is 69.3 Å². The SMILES string of the molecule is CC(C)N(C(=O)c1ccnc(SC(C)(C)C)c1)C1CCOCC1. The van der Waals surface area contributed by atoms with Gasteiger partial charge in [0, 0.05) is 41.8 Å². The summed E-state index contributed by atoms with van der Waals surface area (Å²) in [7, 11) is 0. The molecule has 1 aliphatic rings. The lowest BCUT2D eigenvalue weighted by Gasteiger charge is -2.37. The first-order chi connectivity index (χ1) is 10.8. The number of hydrogen-bond donors (Lipinski definition) is 0. The maximum absolute atomic E-state index is 13.1. The minimum atomic E-state index is 0.0765. The monoisotopic (exact) mass is 336 g/mol. The molecule has 1 aromatic rings. The fraction of sp³-hybridized carbons (Fsp3) is 0.667. The van der Waals surface area contributed by atoms with Crippen molar-refractivity contribution in [3.63, 3.8) is 0 Å². The van der Waals surface area contributed by atoms with E-state index >= 15 is 0 Å². The molecule has 0 aliphatic carbocycles. The summed E-state index contributed by atoms with van der Waals surface area (Å²) in [6, 6.07) is 4.19. The van der Waals surface area contributed by atoms with Crippen LogP contribution in [0, 0.1) is 0 Å². The summed E-state index contributed by atoms with van der Waals surface area (Å²) in [6.07, 6.45) is 3.57. The van der Waals surface area contributed by atoms with Crippen LogP contribution in [0.25, 0.3) is 0 Å². The van der Waals surface area contributed by atoms with Crippen LogP contribution in [0.2, 0.25) is 0 Å². The number of nitrogens with zero attached hydrogens (tertiary/aromatic N) is 2. The lowest BCUT2D eigenvalue weighted by atomic mass is 10.0. The molecular weight excluding hydrogens is 308 g/mol. The minimum absolute atomic E-state index is 0.0765. The van der Waals surface area contributed by atoms with Crippen molar-refractivity contribution in [3.05, 3.63) is 23.9 Å². The fourth-order valence-electron chi connectivity index (χ4n) is 2.85. The van der Waals surface area contributed by atoms with E-state index in [-0.39, 0.29) is 22.7 Å². The van der Waals surface area contributed by atoms with Gasteiger partial charge in [-0.1, -0.05) is 20.8 Å². The summed E-state index contributed by atoms with van der Waals surface area (Å²) in [5.74, 6) is 0.102. The smallest absolute Gasteiger partial charge is 0.254 e. The zero-order valence-corrected chi connectivity index (χ0v) is 15.7. The standard InChI is InChI=1S/C18H28N2O2S/c1-13(2)20(15-7-10-22-11-8-15)17(21)14-6-9-19-16(12-14)23-18(3,4)5/h6,9,12-13,15H,7-8,10-11H2,1-5H3. The molecular formula is C18H28N2O2S. The predicted octanol–water partition coefficient (Wildman–Crippen LogP) is 4.00. The molecule has 2 rings (SSSR count). The van der Waals surface area contributed by atoms with Gasteiger partial charge in [0.2, 0.25) is 0 Å². The molecule has 0 aromatic carbocycles. The summed E-state index contributed by atoms with van der Waals surface area (Å²) in [5, 5.41) is 0.902. The molecule has 4 nitrogen and oxygen atoms in total. The Morgan fingerprint density at radius 2 is 2.00 bits per heavy atom. The second kappa shape index (κ2) is 7.67. The Bertz CT molecular complexity index is 534. The van der Waals surface area contributed by atoms with Crippen LogP contribution in [0.3, 0.4) is 0 Å². The second-order valence-corrected chi connectivity index (χ2v) is 9.09. The largest absolute Gasteiger partial charge is 0.381 e. The van der Waals surface area contributed by atoms with Gasteiger partial charge >= 0.3 is 0 Å². The highest BCUT2D eigenvalue weighted by atomic mass is 32.2. The minimum Gasteiger partial charge on any atom is -0.381 e. The topological polar surface area (TPSA) is 42.4 Å². The van der Waals surface area contributed by atoms with Crippen LogP contribution >= 0.6 is 11.8 Å². The number of pyridine rings is 1. The molecule has 0 saturated carbocycles. The predicted molar refractivity (Wildman–Crippen MR) is 95.0 cm³/mol. The highest BCUT2D eigenvalue weighted by Gasteiger charge is 2.29. The van der Waals surface area contributed by atoms with Crippen molar-refractivity contribution in [1.82, 2.24) is 9.88 Å². The molecule has 5 heteroatoms. The van der Waals surface area contributed by atoms with Crippen molar-refractivity contribution < 1.29 is 9.53 Å². The Hall–Kier alpha value is -1.07. The molecule has 0 atom stereocenters. The first-order valence-electron chi connectivity index (χ1n) is 8.33. The summed E-state index contributed by atoms with van der Waals surface area (Å²) in [6.45, 7) is 12.1. The van der Waals surface area contributed by atoms with Crippen LogP contribution < -0.4 is 0 Å². The van der Waals surface area contributed by atoms with E-state index in [0.29, 0.717) is 0 Å². The number of hydrogen-bond acceptors (Lipinski definition) is 4. The van der Waals surface area contributed by atoms with E-state index in [9.17, 15) is 4.79 Å². The number of ether oxygens (including phenoxy) is 1. The van der Waals surface area contributed by atoms with Gasteiger partial charge in [0.1, 0.15) is 0 Å². The van der Waals surface area contributed by atoms with Crippen LogP contribution in [0.4, 0.5) is 0 Å².